The van der Waals surface area contributed by atoms with Crippen LogP contribution in [0.2, 0.25) is 0 Å². The molecule has 0 fully saturated rings. The number of ether oxygens (including phenoxy) is 1. The van der Waals surface area contributed by atoms with Gasteiger partial charge in [-0.15, -0.1) is 0 Å². The Morgan fingerprint density at radius 1 is 1.19 bits per heavy atom. The Balaban J connectivity index is 2.15. The summed E-state index contributed by atoms with van der Waals surface area (Å²) in [5.74, 6) is 0.452. The van der Waals surface area contributed by atoms with Crippen molar-refractivity contribution in [1.29, 1.82) is 5.41 Å². The number of fused-ring (bicyclic) bond motifs is 1. The van der Waals surface area contributed by atoms with Crippen LogP contribution in [-0.2, 0) is 6.18 Å². The minimum Gasteiger partial charge on any atom is -0.497 e. The third kappa shape index (κ3) is 3.51. The van der Waals surface area contributed by atoms with E-state index in [1.54, 1.807) is 24.3 Å². The van der Waals surface area contributed by atoms with Crippen LogP contribution in [0, 0.1) is 5.41 Å². The summed E-state index contributed by atoms with van der Waals surface area (Å²) < 4.78 is 44.0. The maximum atomic E-state index is 13.0. The zero-order valence-electron chi connectivity index (χ0n) is 13.6. The number of methoxy groups -OCH3 is 1. The number of aromatic amines is 1. The molecule has 2 aromatic carbocycles. The van der Waals surface area contributed by atoms with Crippen molar-refractivity contribution in [3.8, 4) is 5.75 Å². The van der Waals surface area contributed by atoms with Crippen LogP contribution in [-0.4, -0.2) is 22.9 Å². The van der Waals surface area contributed by atoms with Crippen molar-refractivity contribution in [2.24, 2.45) is 4.99 Å². The lowest BCUT2D eigenvalue weighted by Gasteiger charge is -2.08. The zero-order valence-corrected chi connectivity index (χ0v) is 13.6. The molecule has 26 heavy (non-hydrogen) atoms. The van der Waals surface area contributed by atoms with Crippen molar-refractivity contribution in [3.05, 3.63) is 59.1 Å². The van der Waals surface area contributed by atoms with E-state index in [-0.39, 0.29) is 28.2 Å². The second-order valence-corrected chi connectivity index (χ2v) is 5.39. The van der Waals surface area contributed by atoms with Crippen molar-refractivity contribution in [1.82, 2.24) is 9.97 Å². The number of nitrogens with zero attached hydrogens (tertiary/aromatic N) is 2. The number of hydrogen-bond donors (Lipinski definition) is 3. The van der Waals surface area contributed by atoms with Gasteiger partial charge in [0.2, 0.25) is 0 Å². The molecule has 6 nitrogen and oxygen atoms in total. The van der Waals surface area contributed by atoms with Crippen LogP contribution in [0.4, 0.5) is 19.1 Å². The van der Waals surface area contributed by atoms with Crippen molar-refractivity contribution < 1.29 is 17.9 Å². The minimum absolute atomic E-state index is 0.0152. The number of amidine groups is 1. The van der Waals surface area contributed by atoms with Gasteiger partial charge in [0.1, 0.15) is 11.2 Å². The normalized spacial score (nSPS) is 12.4. The standard InChI is InChI=1S/C17H14F3N5O/c1-26-11-5-2-9(3-6-11)14(21)24-15-12-8-10(17(18,19)20)4-7-13(12)23-16(22)25-15/h2-8H,1H3,(H4,21,22,23,24,25). The van der Waals surface area contributed by atoms with Crippen LogP contribution in [0.3, 0.4) is 0 Å². The molecular weight excluding hydrogens is 347 g/mol. The molecule has 0 aliphatic rings. The van der Waals surface area contributed by atoms with Gasteiger partial charge in [-0.3, -0.25) is 5.41 Å². The number of halogens is 3. The molecule has 0 aliphatic heterocycles. The largest absolute Gasteiger partial charge is 0.497 e. The predicted octanol–water partition coefficient (Wildman–Crippen LogP) is 3.10. The average molecular weight is 361 g/mol. The SMILES string of the molecule is COc1ccc(C(=N)/N=c2\[nH]c(N)nc3ccc(C(F)(F)F)cc23)cc1. The highest BCUT2D eigenvalue weighted by atomic mass is 19.4. The van der Waals surface area contributed by atoms with Crippen LogP contribution in [0.5, 0.6) is 5.75 Å². The first kappa shape index (κ1) is 17.5. The molecule has 0 saturated heterocycles. The highest BCUT2D eigenvalue weighted by Crippen LogP contribution is 2.30. The molecule has 9 heteroatoms. The maximum absolute atomic E-state index is 13.0. The van der Waals surface area contributed by atoms with Gasteiger partial charge in [-0.2, -0.15) is 13.2 Å². The quantitative estimate of drug-likeness (QED) is 0.483. The Bertz CT molecular complexity index is 1040. The predicted molar refractivity (Wildman–Crippen MR) is 90.9 cm³/mol. The van der Waals surface area contributed by atoms with Gasteiger partial charge in [-0.05, 0) is 42.5 Å². The van der Waals surface area contributed by atoms with Gasteiger partial charge in [0, 0.05) is 10.9 Å². The number of anilines is 1. The van der Waals surface area contributed by atoms with Gasteiger partial charge < -0.3 is 15.5 Å². The molecule has 3 aromatic rings. The average Bonchev–Trinajstić information content (AvgIpc) is 2.60. The number of alkyl halides is 3. The Morgan fingerprint density at radius 3 is 2.50 bits per heavy atom. The van der Waals surface area contributed by atoms with Gasteiger partial charge in [0.25, 0.3) is 0 Å². The number of nitrogens with one attached hydrogen (secondary N) is 2. The van der Waals surface area contributed by atoms with Crippen molar-refractivity contribution in [3.63, 3.8) is 0 Å². The summed E-state index contributed by atoms with van der Waals surface area (Å²) in [7, 11) is 1.52. The molecule has 0 atom stereocenters. The molecule has 134 valence electrons. The number of rotatable bonds is 2. The molecule has 0 saturated carbocycles. The summed E-state index contributed by atoms with van der Waals surface area (Å²) in [6.45, 7) is 0. The Hall–Kier alpha value is -3.36. The molecule has 0 unspecified atom stereocenters. The summed E-state index contributed by atoms with van der Waals surface area (Å²) in [4.78, 5) is 10.7. The van der Waals surface area contributed by atoms with E-state index in [0.29, 0.717) is 11.3 Å². The first-order valence-electron chi connectivity index (χ1n) is 7.42. The van der Waals surface area contributed by atoms with Gasteiger partial charge in [0.15, 0.2) is 11.8 Å². The molecule has 1 aromatic heterocycles. The lowest BCUT2D eigenvalue weighted by atomic mass is 10.1. The van der Waals surface area contributed by atoms with Crippen LogP contribution < -0.4 is 16.0 Å². The summed E-state index contributed by atoms with van der Waals surface area (Å²) in [6.07, 6.45) is -4.50. The summed E-state index contributed by atoms with van der Waals surface area (Å²) in [5.41, 5.74) is 5.57. The molecule has 0 radical (unpaired) electrons. The van der Waals surface area contributed by atoms with Crippen molar-refractivity contribution in [2.45, 2.75) is 6.18 Å². The smallest absolute Gasteiger partial charge is 0.416 e. The fraction of sp³-hybridized carbons (Fsp3) is 0.118. The Kier molecular flexibility index (Phi) is 4.37. The first-order valence-corrected chi connectivity index (χ1v) is 7.42. The maximum Gasteiger partial charge on any atom is 0.416 e. The van der Waals surface area contributed by atoms with E-state index < -0.39 is 11.7 Å². The molecular formula is C17H14F3N5O. The summed E-state index contributed by atoms with van der Waals surface area (Å²) >= 11 is 0. The highest BCUT2D eigenvalue weighted by Gasteiger charge is 2.30. The van der Waals surface area contributed by atoms with Crippen LogP contribution in [0.1, 0.15) is 11.1 Å². The van der Waals surface area contributed by atoms with E-state index >= 15 is 0 Å². The molecule has 0 aliphatic carbocycles. The fourth-order valence-corrected chi connectivity index (χ4v) is 2.36. The Morgan fingerprint density at radius 2 is 1.88 bits per heavy atom. The van der Waals surface area contributed by atoms with Gasteiger partial charge in [-0.25, -0.2) is 9.98 Å². The number of hydrogen-bond acceptors (Lipinski definition) is 4. The van der Waals surface area contributed by atoms with Gasteiger partial charge >= 0.3 is 6.18 Å². The number of nitrogen functional groups attached to an aromatic ring is 1. The molecule has 4 N–H and O–H groups in total. The minimum atomic E-state index is -4.50. The van der Waals surface area contributed by atoms with Crippen molar-refractivity contribution in [2.75, 3.05) is 12.8 Å². The number of H-pyrrole nitrogens is 1. The van der Waals surface area contributed by atoms with E-state index in [1.807, 2.05) is 0 Å². The summed E-state index contributed by atoms with van der Waals surface area (Å²) in [6, 6.07) is 9.63. The van der Waals surface area contributed by atoms with Crippen LogP contribution in [0.25, 0.3) is 10.9 Å². The lowest BCUT2D eigenvalue weighted by molar-refractivity contribution is -0.137. The highest BCUT2D eigenvalue weighted by molar-refractivity contribution is 5.97. The second kappa shape index (κ2) is 6.51. The fourth-order valence-electron chi connectivity index (χ4n) is 2.36. The molecule has 0 spiro atoms. The second-order valence-electron chi connectivity index (χ2n) is 5.39. The molecule has 3 rings (SSSR count). The van der Waals surface area contributed by atoms with E-state index in [1.165, 1.54) is 13.2 Å². The van der Waals surface area contributed by atoms with Gasteiger partial charge in [0.05, 0.1) is 18.2 Å². The van der Waals surface area contributed by atoms with E-state index in [2.05, 4.69) is 15.0 Å². The van der Waals surface area contributed by atoms with Crippen molar-refractivity contribution >= 4 is 22.7 Å². The zero-order chi connectivity index (χ0) is 18.9. The number of aromatic nitrogens is 2. The third-order valence-electron chi connectivity index (χ3n) is 3.65. The monoisotopic (exact) mass is 361 g/mol. The van der Waals surface area contributed by atoms with E-state index in [4.69, 9.17) is 15.9 Å². The lowest BCUT2D eigenvalue weighted by Crippen LogP contribution is -2.17. The topological polar surface area (TPSA) is 100 Å². The third-order valence-corrected chi connectivity index (χ3v) is 3.65. The molecule has 0 amide bonds. The summed E-state index contributed by atoms with van der Waals surface area (Å²) in [5, 5.41) is 8.22. The number of nitrogens with two attached hydrogens (primary N) is 1. The van der Waals surface area contributed by atoms with E-state index in [0.717, 1.165) is 12.1 Å². The Labute approximate surface area is 145 Å². The molecule has 0 bridgehead atoms. The molecule has 1 heterocycles. The van der Waals surface area contributed by atoms with Crippen LogP contribution in [0.15, 0.2) is 47.5 Å². The van der Waals surface area contributed by atoms with E-state index in [9.17, 15) is 13.2 Å². The van der Waals surface area contributed by atoms with Crippen LogP contribution >= 0.6 is 0 Å². The first-order chi connectivity index (χ1) is 12.3. The van der Waals surface area contributed by atoms with Gasteiger partial charge in [-0.1, -0.05) is 0 Å². The number of benzene rings is 2.